The first-order chi connectivity index (χ1) is 15.1. The minimum absolute atomic E-state index is 0.0655. The van der Waals surface area contributed by atoms with Crippen molar-refractivity contribution < 1.29 is 9.53 Å². The number of hydrogen-bond acceptors (Lipinski definition) is 6. The van der Waals surface area contributed by atoms with Gasteiger partial charge in [-0.2, -0.15) is 0 Å². The molecule has 1 aliphatic heterocycles. The van der Waals surface area contributed by atoms with Gasteiger partial charge in [-0.25, -0.2) is 14.8 Å². The zero-order valence-electron chi connectivity index (χ0n) is 17.6. The van der Waals surface area contributed by atoms with Gasteiger partial charge in [0.05, 0.1) is 7.11 Å². The molecular weight excluding hydrogens is 410 g/mol. The molecule has 8 heteroatoms. The van der Waals surface area contributed by atoms with Crippen LogP contribution in [0.5, 0.6) is 5.75 Å². The van der Waals surface area contributed by atoms with Crippen molar-refractivity contribution in [3.8, 4) is 5.75 Å². The third-order valence-electron chi connectivity index (χ3n) is 5.20. The number of nitrogens with one attached hydrogen (secondary N) is 1. The number of amides is 2. The van der Waals surface area contributed by atoms with E-state index in [1.165, 1.54) is 11.8 Å². The highest BCUT2D eigenvalue weighted by Crippen LogP contribution is 2.28. The molecule has 1 aromatic heterocycles. The summed E-state index contributed by atoms with van der Waals surface area (Å²) in [4.78, 5) is 26.4. The molecule has 0 aliphatic carbocycles. The Kier molecular flexibility index (Phi) is 6.57. The summed E-state index contributed by atoms with van der Waals surface area (Å²) in [5.41, 5.74) is 2.97. The molecule has 1 fully saturated rings. The van der Waals surface area contributed by atoms with Crippen molar-refractivity contribution in [3.63, 3.8) is 0 Å². The van der Waals surface area contributed by atoms with Gasteiger partial charge in [-0.1, -0.05) is 0 Å². The van der Waals surface area contributed by atoms with Crippen LogP contribution in [0.3, 0.4) is 0 Å². The third kappa shape index (κ3) is 5.27. The molecule has 1 N–H and O–H groups in total. The van der Waals surface area contributed by atoms with Crippen molar-refractivity contribution in [2.75, 3.05) is 43.5 Å². The normalized spacial score (nSPS) is 13.7. The molecular formula is C23H25N5O2S. The van der Waals surface area contributed by atoms with Crippen LogP contribution in [-0.4, -0.2) is 54.2 Å². The molecule has 1 saturated heterocycles. The van der Waals surface area contributed by atoms with Crippen LogP contribution in [0.25, 0.3) is 0 Å². The Labute approximate surface area is 186 Å². The number of methoxy groups -OCH3 is 1. The number of ether oxygens (including phenoxy) is 1. The summed E-state index contributed by atoms with van der Waals surface area (Å²) in [5.74, 6) is 0.845. The average molecular weight is 436 g/mol. The van der Waals surface area contributed by atoms with Gasteiger partial charge in [0.2, 0.25) is 0 Å². The Morgan fingerprint density at radius 3 is 2.39 bits per heavy atom. The van der Waals surface area contributed by atoms with E-state index >= 15 is 0 Å². The maximum atomic E-state index is 12.8. The Balaban J connectivity index is 1.32. The maximum absolute atomic E-state index is 12.8. The molecule has 0 unspecified atom stereocenters. The number of aromatic nitrogens is 2. The van der Waals surface area contributed by atoms with E-state index in [4.69, 9.17) is 4.74 Å². The van der Waals surface area contributed by atoms with Crippen molar-refractivity contribution in [2.24, 2.45) is 0 Å². The van der Waals surface area contributed by atoms with E-state index in [0.29, 0.717) is 18.2 Å². The van der Waals surface area contributed by atoms with Crippen LogP contribution in [0, 0.1) is 6.92 Å². The van der Waals surface area contributed by atoms with E-state index in [0.717, 1.165) is 40.7 Å². The minimum atomic E-state index is -0.0655. The van der Waals surface area contributed by atoms with Crippen molar-refractivity contribution >= 4 is 29.2 Å². The van der Waals surface area contributed by atoms with Gasteiger partial charge in [-0.3, -0.25) is 0 Å². The molecule has 2 aromatic carbocycles. The van der Waals surface area contributed by atoms with Crippen molar-refractivity contribution in [1.29, 1.82) is 0 Å². The van der Waals surface area contributed by atoms with Crippen LogP contribution in [-0.2, 0) is 0 Å². The van der Waals surface area contributed by atoms with E-state index in [9.17, 15) is 4.79 Å². The summed E-state index contributed by atoms with van der Waals surface area (Å²) in [6, 6.07) is 15.7. The Bertz CT molecular complexity index is 1020. The van der Waals surface area contributed by atoms with Crippen LogP contribution in [0.2, 0.25) is 0 Å². The van der Waals surface area contributed by atoms with Crippen LogP contribution >= 0.6 is 11.8 Å². The van der Waals surface area contributed by atoms with E-state index in [-0.39, 0.29) is 6.03 Å². The quantitative estimate of drug-likeness (QED) is 0.603. The second kappa shape index (κ2) is 9.70. The number of carbonyl (C=O) groups excluding carboxylic acids is 1. The molecule has 2 amide bonds. The van der Waals surface area contributed by atoms with E-state index in [1.807, 2.05) is 42.2 Å². The summed E-state index contributed by atoms with van der Waals surface area (Å²) < 4.78 is 5.22. The fraction of sp³-hybridized carbons (Fsp3) is 0.261. The van der Waals surface area contributed by atoms with Gasteiger partial charge in [0.15, 0.2) is 5.16 Å². The van der Waals surface area contributed by atoms with E-state index < -0.39 is 0 Å². The average Bonchev–Trinajstić information content (AvgIpc) is 2.81. The maximum Gasteiger partial charge on any atom is 0.321 e. The number of benzene rings is 2. The SMILES string of the molecule is COc1ccc(N2CCN(C(=O)Nc3ccc(Sc4ncccn4)cc3C)CC2)cc1. The molecule has 0 spiro atoms. The lowest BCUT2D eigenvalue weighted by atomic mass is 10.2. The van der Waals surface area contributed by atoms with Crippen LogP contribution in [0.4, 0.5) is 16.2 Å². The molecule has 1 aliphatic rings. The topological polar surface area (TPSA) is 70.6 Å². The van der Waals surface area contributed by atoms with Gasteiger partial charge >= 0.3 is 6.03 Å². The highest BCUT2D eigenvalue weighted by molar-refractivity contribution is 7.99. The third-order valence-corrected chi connectivity index (χ3v) is 6.08. The summed E-state index contributed by atoms with van der Waals surface area (Å²) in [7, 11) is 1.66. The fourth-order valence-corrected chi connectivity index (χ4v) is 4.25. The summed E-state index contributed by atoms with van der Waals surface area (Å²) in [6.07, 6.45) is 3.45. The van der Waals surface area contributed by atoms with Gasteiger partial charge in [0.25, 0.3) is 0 Å². The van der Waals surface area contributed by atoms with Crippen molar-refractivity contribution in [3.05, 3.63) is 66.5 Å². The standard InChI is InChI=1S/C23H25N5O2S/c1-17-16-20(31-22-24-10-3-11-25-22)8-9-21(17)26-23(29)28-14-12-27(13-15-28)18-4-6-19(30-2)7-5-18/h3-11,16H,12-15H2,1-2H3,(H,26,29). The highest BCUT2D eigenvalue weighted by atomic mass is 32.2. The molecule has 160 valence electrons. The first kappa shape index (κ1) is 21.0. The lowest BCUT2D eigenvalue weighted by molar-refractivity contribution is 0.208. The smallest absolute Gasteiger partial charge is 0.321 e. The van der Waals surface area contributed by atoms with E-state index in [2.05, 4.69) is 32.3 Å². The summed E-state index contributed by atoms with van der Waals surface area (Å²) >= 11 is 1.50. The second-order valence-electron chi connectivity index (χ2n) is 7.21. The number of piperazine rings is 1. The highest BCUT2D eigenvalue weighted by Gasteiger charge is 2.21. The number of hydrogen-bond donors (Lipinski definition) is 1. The first-order valence-electron chi connectivity index (χ1n) is 10.1. The molecule has 0 saturated carbocycles. The largest absolute Gasteiger partial charge is 0.497 e. The van der Waals surface area contributed by atoms with Gasteiger partial charge in [0.1, 0.15) is 5.75 Å². The van der Waals surface area contributed by atoms with Crippen LogP contribution in [0.15, 0.2) is 71.0 Å². The molecule has 0 radical (unpaired) electrons. The van der Waals surface area contributed by atoms with Gasteiger partial charge in [-0.15, -0.1) is 0 Å². The zero-order chi connectivity index (χ0) is 21.6. The molecule has 7 nitrogen and oxygen atoms in total. The Morgan fingerprint density at radius 1 is 1.03 bits per heavy atom. The minimum Gasteiger partial charge on any atom is -0.497 e. The molecule has 31 heavy (non-hydrogen) atoms. The lowest BCUT2D eigenvalue weighted by Gasteiger charge is -2.36. The molecule has 4 rings (SSSR count). The van der Waals surface area contributed by atoms with Crippen molar-refractivity contribution in [2.45, 2.75) is 17.0 Å². The predicted octanol–water partition coefficient (Wildman–Crippen LogP) is 4.30. The van der Waals surface area contributed by atoms with Crippen LogP contribution in [0.1, 0.15) is 5.56 Å². The number of aryl methyl sites for hydroxylation is 1. The van der Waals surface area contributed by atoms with Crippen molar-refractivity contribution in [1.82, 2.24) is 14.9 Å². The number of urea groups is 1. The van der Waals surface area contributed by atoms with Gasteiger partial charge in [-0.05, 0) is 72.8 Å². The predicted molar refractivity (Wildman–Crippen MR) is 123 cm³/mol. The molecule has 2 heterocycles. The lowest BCUT2D eigenvalue weighted by Crippen LogP contribution is -2.50. The molecule has 0 atom stereocenters. The number of nitrogens with zero attached hydrogens (tertiary/aromatic N) is 4. The summed E-state index contributed by atoms with van der Waals surface area (Å²) in [5, 5.41) is 3.75. The number of anilines is 2. The molecule has 0 bridgehead atoms. The first-order valence-corrected chi connectivity index (χ1v) is 10.9. The number of carbonyl (C=O) groups is 1. The van der Waals surface area contributed by atoms with Gasteiger partial charge in [0, 0.05) is 54.8 Å². The Morgan fingerprint density at radius 2 is 1.74 bits per heavy atom. The second-order valence-corrected chi connectivity index (χ2v) is 8.25. The zero-order valence-corrected chi connectivity index (χ0v) is 18.4. The van der Waals surface area contributed by atoms with Gasteiger partial charge < -0.3 is 19.9 Å². The molecule has 3 aromatic rings. The Hall–Kier alpha value is -3.26. The van der Waals surface area contributed by atoms with Crippen LogP contribution < -0.4 is 15.0 Å². The monoisotopic (exact) mass is 435 g/mol. The van der Waals surface area contributed by atoms with E-state index in [1.54, 1.807) is 25.6 Å². The summed E-state index contributed by atoms with van der Waals surface area (Å²) in [6.45, 7) is 4.94. The fourth-order valence-electron chi connectivity index (χ4n) is 3.44. The number of rotatable bonds is 5.